The predicted octanol–water partition coefficient (Wildman–Crippen LogP) is 2.81. The van der Waals surface area contributed by atoms with Gasteiger partial charge in [0.15, 0.2) is 11.2 Å². The second kappa shape index (κ2) is 8.28. The third-order valence-electron chi connectivity index (χ3n) is 4.93. The van der Waals surface area contributed by atoms with Crippen molar-refractivity contribution in [1.29, 1.82) is 0 Å². The van der Waals surface area contributed by atoms with Crippen LogP contribution in [0.15, 0.2) is 71.8 Å². The third-order valence-corrected chi connectivity index (χ3v) is 4.93. The Kier molecular flexibility index (Phi) is 5.39. The Morgan fingerprint density at radius 1 is 1.07 bits per heavy atom. The zero-order chi connectivity index (χ0) is 20.2. The Balaban J connectivity index is 1.76. The van der Waals surface area contributed by atoms with E-state index < -0.39 is 0 Å². The molecule has 2 aromatic heterocycles. The van der Waals surface area contributed by atoms with Gasteiger partial charge in [0.05, 0.1) is 25.5 Å². The van der Waals surface area contributed by atoms with Crippen molar-refractivity contribution in [2.45, 2.75) is 26.1 Å². The number of rotatable bonds is 7. The van der Waals surface area contributed by atoms with Crippen LogP contribution < -0.4 is 10.9 Å². The molecule has 0 amide bonds. The topological polar surface area (TPSA) is 85.0 Å². The van der Waals surface area contributed by atoms with E-state index >= 15 is 0 Å². The van der Waals surface area contributed by atoms with Gasteiger partial charge in [-0.25, -0.2) is 4.98 Å². The fraction of sp³-hybridized carbons (Fsp3) is 0.227. The monoisotopic (exact) mass is 389 g/mol. The minimum absolute atomic E-state index is 0.120. The lowest BCUT2D eigenvalue weighted by atomic mass is 10.1. The van der Waals surface area contributed by atoms with E-state index in [1.807, 2.05) is 72.2 Å². The van der Waals surface area contributed by atoms with Gasteiger partial charge in [-0.3, -0.25) is 9.36 Å². The molecule has 0 saturated carbocycles. The molecule has 2 N–H and O–H groups in total. The number of fused-ring (bicyclic) bond motifs is 1. The number of hydrogen-bond acceptors (Lipinski definition) is 5. The highest BCUT2D eigenvalue weighted by Gasteiger charge is 2.18. The van der Waals surface area contributed by atoms with Gasteiger partial charge < -0.3 is 15.0 Å². The summed E-state index contributed by atoms with van der Waals surface area (Å²) < 4.78 is 3.42. The highest BCUT2D eigenvalue weighted by molar-refractivity contribution is 5.71. The molecule has 4 aromatic rings. The summed E-state index contributed by atoms with van der Waals surface area (Å²) in [6.45, 7) is 2.78. The summed E-state index contributed by atoms with van der Waals surface area (Å²) in [5.41, 5.74) is 2.69. The number of nitrogens with one attached hydrogen (secondary N) is 1. The van der Waals surface area contributed by atoms with E-state index in [9.17, 15) is 9.90 Å². The number of anilines is 1. The Hall–Kier alpha value is -3.45. The number of aliphatic hydroxyl groups is 1. The Morgan fingerprint density at radius 3 is 2.41 bits per heavy atom. The first-order valence-corrected chi connectivity index (χ1v) is 9.63. The smallest absolute Gasteiger partial charge is 0.283 e. The van der Waals surface area contributed by atoms with Crippen LogP contribution in [0.3, 0.4) is 0 Å². The van der Waals surface area contributed by atoms with Gasteiger partial charge in [-0.05, 0) is 18.1 Å². The number of nitrogens with zero attached hydrogens (tertiary/aromatic N) is 4. The number of aromatic nitrogens is 4. The Bertz CT molecular complexity index is 1150. The lowest BCUT2D eigenvalue weighted by Gasteiger charge is -2.20. The summed E-state index contributed by atoms with van der Waals surface area (Å²) in [4.78, 5) is 22.0. The first-order chi connectivity index (χ1) is 14.2. The van der Waals surface area contributed by atoms with Gasteiger partial charge in [0.2, 0.25) is 5.95 Å². The van der Waals surface area contributed by atoms with Crippen LogP contribution in [0.2, 0.25) is 0 Å². The van der Waals surface area contributed by atoms with Crippen molar-refractivity contribution in [3.8, 4) is 0 Å². The third kappa shape index (κ3) is 3.77. The molecule has 7 heteroatoms. The number of benzene rings is 2. The van der Waals surface area contributed by atoms with E-state index in [-0.39, 0.29) is 18.2 Å². The van der Waals surface area contributed by atoms with Gasteiger partial charge in [0.25, 0.3) is 5.56 Å². The van der Waals surface area contributed by atoms with Gasteiger partial charge in [0.1, 0.15) is 0 Å². The molecular formula is C22H23N5O2. The summed E-state index contributed by atoms with van der Waals surface area (Å²) in [5, 5.41) is 13.1. The van der Waals surface area contributed by atoms with Gasteiger partial charge in [-0.1, -0.05) is 60.7 Å². The molecule has 0 spiro atoms. The standard InChI is InChI=1S/C22H23N5O2/c1-2-27-21(29)19-20(26(15-23-19)13-16-9-5-3-6-10-16)25-22(27)24-18(14-28)17-11-7-4-8-12-17/h3-12,15,18,28H,2,13-14H2,1H3,(H,24,25). The molecule has 29 heavy (non-hydrogen) atoms. The number of imidazole rings is 1. The molecule has 0 aliphatic rings. The molecule has 0 fully saturated rings. The van der Waals surface area contributed by atoms with Gasteiger partial charge in [-0.2, -0.15) is 4.98 Å². The summed E-state index contributed by atoms with van der Waals surface area (Å²) in [6, 6.07) is 19.2. The van der Waals surface area contributed by atoms with Crippen molar-refractivity contribution in [3.05, 3.63) is 88.5 Å². The molecule has 4 rings (SSSR count). The van der Waals surface area contributed by atoms with Crippen LogP contribution in [0.25, 0.3) is 11.2 Å². The van der Waals surface area contributed by atoms with Crippen LogP contribution in [0.1, 0.15) is 24.1 Å². The molecule has 0 saturated heterocycles. The van der Waals surface area contributed by atoms with Crippen LogP contribution >= 0.6 is 0 Å². The summed E-state index contributed by atoms with van der Waals surface area (Å²) in [7, 11) is 0. The number of hydrogen-bond donors (Lipinski definition) is 2. The Labute approximate surface area is 168 Å². The molecule has 0 radical (unpaired) electrons. The molecule has 2 heterocycles. The molecule has 0 aliphatic heterocycles. The quantitative estimate of drug-likeness (QED) is 0.508. The van der Waals surface area contributed by atoms with Gasteiger partial charge in [0, 0.05) is 6.54 Å². The van der Waals surface area contributed by atoms with E-state index in [2.05, 4.69) is 10.3 Å². The molecule has 7 nitrogen and oxygen atoms in total. The minimum atomic E-state index is -0.371. The second-order valence-electron chi connectivity index (χ2n) is 6.81. The molecule has 148 valence electrons. The van der Waals surface area contributed by atoms with E-state index in [1.54, 1.807) is 10.9 Å². The molecule has 0 aliphatic carbocycles. The Morgan fingerprint density at radius 2 is 1.76 bits per heavy atom. The highest BCUT2D eigenvalue weighted by Crippen LogP contribution is 2.19. The van der Waals surface area contributed by atoms with Crippen LogP contribution in [0.4, 0.5) is 5.95 Å². The van der Waals surface area contributed by atoms with Gasteiger partial charge >= 0.3 is 0 Å². The maximum Gasteiger partial charge on any atom is 0.283 e. The average Bonchev–Trinajstić information content (AvgIpc) is 3.16. The van der Waals surface area contributed by atoms with Crippen LogP contribution in [0, 0.1) is 0 Å². The normalized spacial score (nSPS) is 12.2. The number of aliphatic hydroxyl groups excluding tert-OH is 1. The first-order valence-electron chi connectivity index (χ1n) is 9.63. The largest absolute Gasteiger partial charge is 0.394 e. The second-order valence-corrected chi connectivity index (χ2v) is 6.81. The van der Waals surface area contributed by atoms with Crippen molar-refractivity contribution >= 4 is 17.1 Å². The summed E-state index contributed by atoms with van der Waals surface area (Å²) in [6.07, 6.45) is 1.65. The molecule has 0 bridgehead atoms. The van der Waals surface area contributed by atoms with E-state index in [0.717, 1.165) is 11.1 Å². The van der Waals surface area contributed by atoms with Crippen molar-refractivity contribution in [2.75, 3.05) is 11.9 Å². The van der Waals surface area contributed by atoms with Crippen LogP contribution in [0.5, 0.6) is 0 Å². The zero-order valence-corrected chi connectivity index (χ0v) is 16.2. The highest BCUT2D eigenvalue weighted by atomic mass is 16.3. The molecule has 1 unspecified atom stereocenters. The van der Waals surface area contributed by atoms with Crippen molar-refractivity contribution in [1.82, 2.24) is 19.1 Å². The maximum absolute atomic E-state index is 13.0. The first kappa shape index (κ1) is 18.9. The summed E-state index contributed by atoms with van der Waals surface area (Å²) >= 11 is 0. The maximum atomic E-state index is 13.0. The van der Waals surface area contributed by atoms with E-state index in [0.29, 0.717) is 30.2 Å². The van der Waals surface area contributed by atoms with E-state index in [1.165, 1.54) is 0 Å². The molecule has 1 atom stereocenters. The minimum Gasteiger partial charge on any atom is -0.394 e. The molecule has 2 aromatic carbocycles. The molecular weight excluding hydrogens is 366 g/mol. The SMILES string of the molecule is CCn1c(NC(CO)c2ccccc2)nc2c(ncn2Cc2ccccc2)c1=O. The lowest BCUT2D eigenvalue weighted by molar-refractivity contribution is 0.275. The van der Waals surface area contributed by atoms with E-state index in [4.69, 9.17) is 4.98 Å². The lowest BCUT2D eigenvalue weighted by Crippen LogP contribution is -2.27. The fourth-order valence-corrected chi connectivity index (χ4v) is 3.40. The predicted molar refractivity (Wildman–Crippen MR) is 113 cm³/mol. The fourth-order valence-electron chi connectivity index (χ4n) is 3.40. The van der Waals surface area contributed by atoms with Crippen molar-refractivity contribution in [3.63, 3.8) is 0 Å². The zero-order valence-electron chi connectivity index (χ0n) is 16.2. The van der Waals surface area contributed by atoms with Crippen molar-refractivity contribution in [2.24, 2.45) is 0 Å². The van der Waals surface area contributed by atoms with Crippen LogP contribution in [-0.4, -0.2) is 30.8 Å². The van der Waals surface area contributed by atoms with Crippen LogP contribution in [-0.2, 0) is 13.1 Å². The summed E-state index contributed by atoms with van der Waals surface area (Å²) in [5.74, 6) is 0.419. The van der Waals surface area contributed by atoms with Gasteiger partial charge in [-0.15, -0.1) is 0 Å². The van der Waals surface area contributed by atoms with Crippen molar-refractivity contribution < 1.29 is 5.11 Å². The average molecular weight is 389 g/mol.